The minimum absolute atomic E-state index is 0.0180. The number of benzene rings is 3. The van der Waals surface area contributed by atoms with Crippen LogP contribution in [-0.2, 0) is 16.1 Å². The number of carbonyl (C=O) groups is 3. The summed E-state index contributed by atoms with van der Waals surface area (Å²) in [5.74, 6) is -0.153. The molecule has 3 aromatic carbocycles. The third-order valence-electron chi connectivity index (χ3n) is 8.10. The van der Waals surface area contributed by atoms with E-state index in [0.29, 0.717) is 39.1 Å². The predicted molar refractivity (Wildman–Crippen MR) is 157 cm³/mol. The molecule has 5 rings (SSSR count). The van der Waals surface area contributed by atoms with Gasteiger partial charge in [-0.3, -0.25) is 9.59 Å². The van der Waals surface area contributed by atoms with Crippen LogP contribution in [0.15, 0.2) is 78.9 Å². The maximum Gasteiger partial charge on any atom is 0.321 e. The van der Waals surface area contributed by atoms with E-state index in [1.165, 1.54) is 0 Å². The van der Waals surface area contributed by atoms with Crippen molar-refractivity contribution in [1.82, 2.24) is 14.7 Å². The van der Waals surface area contributed by atoms with E-state index < -0.39 is 5.54 Å². The molecule has 2 aliphatic heterocycles. The van der Waals surface area contributed by atoms with Gasteiger partial charge in [-0.2, -0.15) is 0 Å². The lowest BCUT2D eigenvalue weighted by molar-refractivity contribution is -0.140. The van der Waals surface area contributed by atoms with E-state index in [2.05, 4.69) is 10.2 Å². The number of hydrogen-bond acceptors (Lipinski definition) is 4. The zero-order valence-electron chi connectivity index (χ0n) is 23.5. The molecule has 2 saturated heterocycles. The van der Waals surface area contributed by atoms with Gasteiger partial charge in [-0.05, 0) is 56.0 Å². The molecule has 208 valence electrons. The number of likely N-dealkylation sites (tertiary alicyclic amines) is 1. The number of rotatable bonds is 6. The monoisotopic (exact) mass is 539 g/mol. The summed E-state index contributed by atoms with van der Waals surface area (Å²) in [6, 6.07) is 25.5. The van der Waals surface area contributed by atoms with Crippen molar-refractivity contribution in [2.45, 2.75) is 38.8 Å². The molecule has 3 aromatic rings. The molecule has 0 unspecified atom stereocenters. The Morgan fingerprint density at radius 3 is 2.23 bits per heavy atom. The Kier molecular flexibility index (Phi) is 7.78. The van der Waals surface area contributed by atoms with Crippen LogP contribution in [0.25, 0.3) is 0 Å². The highest BCUT2D eigenvalue weighted by molar-refractivity contribution is 5.97. The molecule has 0 radical (unpaired) electrons. The van der Waals surface area contributed by atoms with Gasteiger partial charge in [0.1, 0.15) is 12.1 Å². The number of likely N-dealkylation sites (N-methyl/N-ethyl adjacent to an activating group) is 1. The second kappa shape index (κ2) is 11.4. The Hall–Kier alpha value is -4.33. The van der Waals surface area contributed by atoms with Crippen molar-refractivity contribution < 1.29 is 14.4 Å². The van der Waals surface area contributed by atoms with Crippen molar-refractivity contribution >= 4 is 29.2 Å². The number of hydrogen-bond donors (Lipinski definition) is 1. The Morgan fingerprint density at radius 1 is 0.925 bits per heavy atom. The van der Waals surface area contributed by atoms with Crippen LogP contribution in [0.1, 0.15) is 29.5 Å². The second-order valence-corrected chi connectivity index (χ2v) is 10.9. The van der Waals surface area contributed by atoms with Gasteiger partial charge in [-0.15, -0.1) is 0 Å². The van der Waals surface area contributed by atoms with E-state index >= 15 is 0 Å². The molecular formula is C32H37N5O3. The van der Waals surface area contributed by atoms with Crippen LogP contribution in [0.4, 0.5) is 16.2 Å². The van der Waals surface area contributed by atoms with Gasteiger partial charge >= 0.3 is 6.03 Å². The van der Waals surface area contributed by atoms with Gasteiger partial charge in [-0.25, -0.2) is 4.79 Å². The third kappa shape index (κ3) is 5.52. The summed E-state index contributed by atoms with van der Waals surface area (Å²) in [5, 5.41) is 3.04. The molecular weight excluding hydrogens is 502 g/mol. The van der Waals surface area contributed by atoms with Crippen LogP contribution in [0, 0.1) is 13.8 Å². The molecule has 0 saturated carbocycles. The molecule has 8 heteroatoms. The van der Waals surface area contributed by atoms with E-state index in [1.807, 2.05) is 92.7 Å². The smallest absolute Gasteiger partial charge is 0.321 e. The lowest BCUT2D eigenvalue weighted by Crippen LogP contribution is -2.58. The van der Waals surface area contributed by atoms with Crippen LogP contribution >= 0.6 is 0 Å². The molecule has 0 bridgehead atoms. The number of urea groups is 1. The third-order valence-corrected chi connectivity index (χ3v) is 8.10. The molecule has 2 aliphatic rings. The maximum atomic E-state index is 14.0. The Balaban J connectivity index is 1.29. The molecule has 0 aliphatic carbocycles. The molecule has 2 fully saturated rings. The van der Waals surface area contributed by atoms with Gasteiger partial charge in [-0.1, -0.05) is 66.2 Å². The molecule has 0 aromatic heterocycles. The fourth-order valence-electron chi connectivity index (χ4n) is 5.78. The zero-order valence-corrected chi connectivity index (χ0v) is 23.5. The fourth-order valence-corrected chi connectivity index (χ4v) is 5.78. The molecule has 2 heterocycles. The summed E-state index contributed by atoms with van der Waals surface area (Å²) in [6.45, 7) is 5.74. The predicted octanol–water partition coefficient (Wildman–Crippen LogP) is 4.63. The topological polar surface area (TPSA) is 76.2 Å². The fraction of sp³-hybridized carbons (Fsp3) is 0.344. The van der Waals surface area contributed by atoms with E-state index in [9.17, 15) is 14.4 Å². The number of anilines is 2. The molecule has 40 heavy (non-hydrogen) atoms. The normalized spacial score (nSPS) is 16.4. The highest BCUT2D eigenvalue weighted by atomic mass is 16.2. The standard InChI is InChI=1S/C32H37N5O3/c1-24-14-15-28(25(2)20-24)33-31(40)35-18-16-32(17-19-35)30(39)36(23-37(32)27-12-8-5-9-13-27)22-29(38)34(3)21-26-10-6-4-7-11-26/h4-15,20H,16-19,21-23H2,1-3H3,(H,33,40). The number of nitrogens with zero attached hydrogens (tertiary/aromatic N) is 4. The van der Waals surface area contributed by atoms with Crippen LogP contribution in [-0.4, -0.2) is 71.4 Å². The molecule has 0 atom stereocenters. The molecule has 8 nitrogen and oxygen atoms in total. The van der Waals surface area contributed by atoms with Crippen molar-refractivity contribution in [3.05, 3.63) is 95.6 Å². The van der Waals surface area contributed by atoms with Crippen molar-refractivity contribution in [1.29, 1.82) is 0 Å². The van der Waals surface area contributed by atoms with E-state index in [4.69, 9.17) is 0 Å². The summed E-state index contributed by atoms with van der Waals surface area (Å²) in [4.78, 5) is 47.6. The second-order valence-electron chi connectivity index (χ2n) is 10.9. The van der Waals surface area contributed by atoms with Gasteiger partial charge in [0.2, 0.25) is 5.91 Å². The van der Waals surface area contributed by atoms with Gasteiger partial charge in [0.25, 0.3) is 5.91 Å². The van der Waals surface area contributed by atoms with E-state index in [1.54, 1.807) is 21.7 Å². The van der Waals surface area contributed by atoms with Crippen molar-refractivity contribution in [3.8, 4) is 0 Å². The molecule has 1 spiro atoms. The first-order chi connectivity index (χ1) is 19.3. The number of para-hydroxylation sites is 1. The first kappa shape index (κ1) is 27.2. The van der Waals surface area contributed by atoms with Crippen LogP contribution < -0.4 is 10.2 Å². The number of nitrogens with one attached hydrogen (secondary N) is 1. The SMILES string of the molecule is Cc1ccc(NC(=O)N2CCC3(CC2)C(=O)N(CC(=O)N(C)Cc2ccccc2)CN3c2ccccc2)c(C)c1. The lowest BCUT2D eigenvalue weighted by atomic mass is 9.85. The molecule has 1 N–H and O–H groups in total. The summed E-state index contributed by atoms with van der Waals surface area (Å²) in [5.41, 5.74) is 4.14. The summed E-state index contributed by atoms with van der Waals surface area (Å²) in [6.07, 6.45) is 0.983. The largest absolute Gasteiger partial charge is 0.340 e. The minimum atomic E-state index is -0.795. The van der Waals surface area contributed by atoms with Crippen LogP contribution in [0.5, 0.6) is 0 Å². The average molecular weight is 540 g/mol. The zero-order chi connectivity index (χ0) is 28.3. The highest BCUT2D eigenvalue weighted by Gasteiger charge is 2.54. The first-order valence-electron chi connectivity index (χ1n) is 13.8. The Bertz CT molecular complexity index is 1370. The van der Waals surface area contributed by atoms with Crippen LogP contribution in [0.3, 0.4) is 0 Å². The summed E-state index contributed by atoms with van der Waals surface area (Å²) in [7, 11) is 1.77. The van der Waals surface area contributed by atoms with Crippen molar-refractivity contribution in [2.24, 2.45) is 0 Å². The van der Waals surface area contributed by atoms with Gasteiger partial charge < -0.3 is 24.9 Å². The quantitative estimate of drug-likeness (QED) is 0.496. The van der Waals surface area contributed by atoms with Crippen molar-refractivity contribution in [3.63, 3.8) is 0 Å². The van der Waals surface area contributed by atoms with Crippen LogP contribution in [0.2, 0.25) is 0 Å². The summed E-state index contributed by atoms with van der Waals surface area (Å²) >= 11 is 0. The van der Waals surface area contributed by atoms with E-state index in [-0.39, 0.29) is 24.4 Å². The summed E-state index contributed by atoms with van der Waals surface area (Å²) < 4.78 is 0. The van der Waals surface area contributed by atoms with Gasteiger partial charge in [0.15, 0.2) is 0 Å². The van der Waals surface area contributed by atoms with Gasteiger partial charge in [0.05, 0.1) is 6.67 Å². The number of aryl methyl sites for hydroxylation is 2. The first-order valence-corrected chi connectivity index (χ1v) is 13.8. The van der Waals surface area contributed by atoms with Gasteiger partial charge in [0, 0.05) is 38.1 Å². The lowest BCUT2D eigenvalue weighted by Gasteiger charge is -2.43. The van der Waals surface area contributed by atoms with Crippen molar-refractivity contribution in [2.75, 3.05) is 43.6 Å². The minimum Gasteiger partial charge on any atom is -0.340 e. The number of amides is 4. The highest BCUT2D eigenvalue weighted by Crippen LogP contribution is 2.39. The number of piperidine rings is 1. The molecule has 4 amide bonds. The Labute approximate surface area is 236 Å². The van der Waals surface area contributed by atoms with E-state index in [0.717, 1.165) is 28.1 Å². The Morgan fingerprint density at radius 2 is 1.57 bits per heavy atom. The average Bonchev–Trinajstić information content (AvgIpc) is 3.22. The maximum absolute atomic E-state index is 14.0. The number of carbonyl (C=O) groups excluding carboxylic acids is 3.